The molecule has 5 nitrogen and oxygen atoms in total. The summed E-state index contributed by atoms with van der Waals surface area (Å²) in [7, 11) is 0. The number of carbonyl (C=O) groups is 2. The summed E-state index contributed by atoms with van der Waals surface area (Å²) in [6.45, 7) is 0. The number of rotatable bonds is 8. The number of alkyl halides is 6. The van der Waals surface area contributed by atoms with E-state index in [0.29, 0.717) is 27.8 Å². The van der Waals surface area contributed by atoms with E-state index in [1.165, 1.54) is 48.5 Å². The third kappa shape index (κ3) is 7.87. The number of hydrogen-bond acceptors (Lipinski definition) is 3. The van der Waals surface area contributed by atoms with Crippen LogP contribution in [-0.2, 0) is 17.4 Å². The van der Waals surface area contributed by atoms with Crippen molar-refractivity contribution in [2.45, 2.75) is 25.0 Å². The van der Waals surface area contributed by atoms with Gasteiger partial charge in [0.05, 0.1) is 5.56 Å². The van der Waals surface area contributed by atoms with E-state index in [9.17, 15) is 41.0 Å². The minimum Gasteiger partial charge on any atom is -0.480 e. The standard InChI is InChI=1S/C30H21F6NO4/c31-29(32,33)24-13-9-21(10-14-24)20-5-7-23(8-6-20)27(38)37-26(28(39)40)17-18-1-3-19(4-2-18)22-11-15-25(16-12-22)41-30(34,35)36/h1-16,26H,17H2,(H,37,38)(H,39,40). The summed E-state index contributed by atoms with van der Waals surface area (Å²) < 4.78 is 79.3. The van der Waals surface area contributed by atoms with E-state index in [-0.39, 0.29) is 17.7 Å². The van der Waals surface area contributed by atoms with E-state index in [1.807, 2.05) is 0 Å². The third-order valence-electron chi connectivity index (χ3n) is 6.11. The van der Waals surface area contributed by atoms with Gasteiger partial charge in [0.25, 0.3) is 5.91 Å². The Morgan fingerprint density at radius 3 is 1.56 bits per heavy atom. The highest BCUT2D eigenvalue weighted by Gasteiger charge is 2.31. The first kappa shape index (κ1) is 29.2. The van der Waals surface area contributed by atoms with Crippen molar-refractivity contribution in [3.05, 3.63) is 114 Å². The zero-order valence-corrected chi connectivity index (χ0v) is 21.0. The Kier molecular flexibility index (Phi) is 8.36. The molecule has 0 saturated heterocycles. The van der Waals surface area contributed by atoms with Crippen molar-refractivity contribution < 1.29 is 45.8 Å². The molecule has 41 heavy (non-hydrogen) atoms. The van der Waals surface area contributed by atoms with Gasteiger partial charge in [-0.25, -0.2) is 4.79 Å². The van der Waals surface area contributed by atoms with Crippen LogP contribution in [0.5, 0.6) is 5.75 Å². The highest BCUT2D eigenvalue weighted by molar-refractivity contribution is 5.97. The summed E-state index contributed by atoms with van der Waals surface area (Å²) >= 11 is 0. The molecule has 2 N–H and O–H groups in total. The Balaban J connectivity index is 1.39. The molecule has 1 amide bonds. The minimum atomic E-state index is -4.79. The van der Waals surface area contributed by atoms with Gasteiger partial charge >= 0.3 is 18.5 Å². The van der Waals surface area contributed by atoms with E-state index in [0.717, 1.165) is 12.1 Å². The quantitative estimate of drug-likeness (QED) is 0.216. The van der Waals surface area contributed by atoms with E-state index in [4.69, 9.17) is 0 Å². The predicted molar refractivity (Wildman–Crippen MR) is 138 cm³/mol. The van der Waals surface area contributed by atoms with Gasteiger partial charge in [0.15, 0.2) is 0 Å². The van der Waals surface area contributed by atoms with Crippen molar-refractivity contribution in [1.29, 1.82) is 0 Å². The monoisotopic (exact) mass is 573 g/mol. The van der Waals surface area contributed by atoms with Crippen LogP contribution in [0, 0.1) is 0 Å². The van der Waals surface area contributed by atoms with Gasteiger partial charge in [-0.05, 0) is 64.2 Å². The maximum absolute atomic E-state index is 12.8. The van der Waals surface area contributed by atoms with E-state index >= 15 is 0 Å². The van der Waals surface area contributed by atoms with Gasteiger partial charge in [0, 0.05) is 12.0 Å². The molecule has 4 aromatic rings. The Labute approximate surface area is 230 Å². The van der Waals surface area contributed by atoms with Crippen LogP contribution < -0.4 is 10.1 Å². The number of hydrogen-bond donors (Lipinski definition) is 2. The molecule has 4 rings (SSSR count). The number of amides is 1. The molecule has 11 heteroatoms. The lowest BCUT2D eigenvalue weighted by atomic mass is 10.00. The van der Waals surface area contributed by atoms with E-state index in [2.05, 4.69) is 10.1 Å². The first-order valence-corrected chi connectivity index (χ1v) is 12.0. The van der Waals surface area contributed by atoms with E-state index < -0.39 is 36.0 Å². The fourth-order valence-electron chi connectivity index (χ4n) is 4.03. The highest BCUT2D eigenvalue weighted by atomic mass is 19.4. The third-order valence-corrected chi connectivity index (χ3v) is 6.11. The summed E-state index contributed by atoms with van der Waals surface area (Å²) in [6.07, 6.45) is -9.28. The smallest absolute Gasteiger partial charge is 0.480 e. The molecule has 0 bridgehead atoms. The van der Waals surface area contributed by atoms with Crippen LogP contribution in [0.2, 0.25) is 0 Å². The van der Waals surface area contributed by atoms with Crippen LogP contribution in [0.4, 0.5) is 26.3 Å². The molecular weight excluding hydrogens is 552 g/mol. The van der Waals surface area contributed by atoms with Crippen LogP contribution in [0.15, 0.2) is 97.1 Å². The number of aliphatic carboxylic acids is 1. The van der Waals surface area contributed by atoms with Gasteiger partial charge in [-0.1, -0.05) is 60.7 Å². The second-order valence-electron chi connectivity index (χ2n) is 8.99. The second kappa shape index (κ2) is 11.7. The van der Waals surface area contributed by atoms with Crippen LogP contribution in [0.25, 0.3) is 22.3 Å². The number of carbonyl (C=O) groups excluding carboxylic acids is 1. The molecule has 0 aliphatic carbocycles. The number of carboxylic acid groups (broad SMARTS) is 1. The van der Waals surface area contributed by atoms with Crippen molar-refractivity contribution in [1.82, 2.24) is 5.32 Å². The van der Waals surface area contributed by atoms with Gasteiger partial charge < -0.3 is 15.2 Å². The average molecular weight is 573 g/mol. The first-order valence-electron chi connectivity index (χ1n) is 12.0. The van der Waals surface area contributed by atoms with Crippen molar-refractivity contribution in [2.24, 2.45) is 0 Å². The predicted octanol–water partition coefficient (Wildman–Crippen LogP) is 7.36. The molecule has 4 aromatic carbocycles. The normalized spacial score (nSPS) is 12.4. The maximum atomic E-state index is 12.8. The molecule has 1 atom stereocenters. The summed E-state index contributed by atoms with van der Waals surface area (Å²) in [5, 5.41) is 12.1. The second-order valence-corrected chi connectivity index (χ2v) is 8.99. The molecular formula is C30H21F6NO4. The van der Waals surface area contributed by atoms with Gasteiger partial charge in [0.1, 0.15) is 11.8 Å². The molecule has 0 fully saturated rings. The van der Waals surface area contributed by atoms with Crippen LogP contribution >= 0.6 is 0 Å². The summed E-state index contributed by atoms with van der Waals surface area (Å²) in [5.74, 6) is -2.26. The molecule has 0 aromatic heterocycles. The van der Waals surface area contributed by atoms with Crippen molar-refractivity contribution in [2.75, 3.05) is 0 Å². The number of ether oxygens (including phenoxy) is 1. The van der Waals surface area contributed by atoms with Gasteiger partial charge in [-0.15, -0.1) is 13.2 Å². The number of halogens is 6. The van der Waals surface area contributed by atoms with Crippen LogP contribution in [0.1, 0.15) is 21.5 Å². The zero-order chi connectivity index (χ0) is 29.8. The Hall–Kier alpha value is -4.80. The van der Waals surface area contributed by atoms with Crippen molar-refractivity contribution in [3.63, 3.8) is 0 Å². The number of benzene rings is 4. The summed E-state index contributed by atoms with van der Waals surface area (Å²) in [4.78, 5) is 24.6. The molecule has 0 radical (unpaired) electrons. The van der Waals surface area contributed by atoms with E-state index in [1.54, 1.807) is 36.4 Å². The zero-order valence-electron chi connectivity index (χ0n) is 21.0. The number of carboxylic acids is 1. The molecule has 0 heterocycles. The number of nitrogens with one attached hydrogen (secondary N) is 1. The molecule has 0 aliphatic heterocycles. The Bertz CT molecular complexity index is 1500. The fourth-order valence-corrected chi connectivity index (χ4v) is 4.03. The molecule has 0 aliphatic rings. The lowest BCUT2D eigenvalue weighted by molar-refractivity contribution is -0.274. The van der Waals surface area contributed by atoms with Gasteiger partial charge in [0.2, 0.25) is 0 Å². The Morgan fingerprint density at radius 1 is 0.683 bits per heavy atom. The molecule has 212 valence electrons. The lowest BCUT2D eigenvalue weighted by Gasteiger charge is -2.15. The minimum absolute atomic E-state index is 0.0383. The van der Waals surface area contributed by atoms with Crippen molar-refractivity contribution >= 4 is 11.9 Å². The summed E-state index contributed by atoms with van der Waals surface area (Å²) in [6, 6.07) is 21.2. The Morgan fingerprint density at radius 2 is 1.12 bits per heavy atom. The summed E-state index contributed by atoms with van der Waals surface area (Å²) in [5.41, 5.74) is 2.37. The highest BCUT2D eigenvalue weighted by Crippen LogP contribution is 2.31. The molecule has 0 spiro atoms. The van der Waals surface area contributed by atoms with Crippen molar-refractivity contribution in [3.8, 4) is 28.0 Å². The first-order chi connectivity index (χ1) is 19.3. The van der Waals surface area contributed by atoms with Crippen LogP contribution in [-0.4, -0.2) is 29.4 Å². The lowest BCUT2D eigenvalue weighted by Crippen LogP contribution is -2.42. The average Bonchev–Trinajstić information content (AvgIpc) is 2.92. The molecule has 0 saturated carbocycles. The fraction of sp³-hybridized carbons (Fsp3) is 0.133. The topological polar surface area (TPSA) is 75.6 Å². The van der Waals surface area contributed by atoms with Gasteiger partial charge in [-0.2, -0.15) is 13.2 Å². The van der Waals surface area contributed by atoms with Gasteiger partial charge in [-0.3, -0.25) is 4.79 Å². The SMILES string of the molecule is O=C(NC(Cc1ccc(-c2ccc(OC(F)(F)F)cc2)cc1)C(=O)O)c1ccc(-c2ccc(C(F)(F)F)cc2)cc1. The molecule has 1 unspecified atom stereocenters. The largest absolute Gasteiger partial charge is 0.573 e. The van der Waals surface area contributed by atoms with Crippen LogP contribution in [0.3, 0.4) is 0 Å². The maximum Gasteiger partial charge on any atom is 0.573 e.